The van der Waals surface area contributed by atoms with E-state index in [4.69, 9.17) is 28.9 Å². The molecule has 0 aliphatic carbocycles. The fourth-order valence-corrected chi connectivity index (χ4v) is 5.33. The monoisotopic (exact) mass is 569 g/mol. The number of aliphatic hydroxyl groups is 1. The van der Waals surface area contributed by atoms with E-state index in [1.165, 1.54) is 0 Å². The van der Waals surface area contributed by atoms with Gasteiger partial charge in [0.2, 0.25) is 5.91 Å². The maximum atomic E-state index is 13.8. The molecule has 0 aliphatic rings. The van der Waals surface area contributed by atoms with Gasteiger partial charge in [0.05, 0.1) is 6.10 Å². The average Bonchev–Trinajstić information content (AvgIpc) is 2.92. The predicted octanol–water partition coefficient (Wildman–Crippen LogP) is 5.83. The van der Waals surface area contributed by atoms with Crippen molar-refractivity contribution >= 4 is 35.0 Å². The predicted molar refractivity (Wildman–Crippen MR) is 159 cm³/mol. The Morgan fingerprint density at radius 1 is 0.949 bits per heavy atom. The van der Waals surface area contributed by atoms with Gasteiger partial charge >= 0.3 is 0 Å². The molecule has 208 valence electrons. The molecule has 0 aromatic heterocycles. The van der Waals surface area contributed by atoms with Crippen LogP contribution in [0, 0.1) is 0 Å². The molecule has 3 rings (SSSR count). The Morgan fingerprint density at radius 3 is 2.23 bits per heavy atom. The lowest BCUT2D eigenvalue weighted by Crippen LogP contribution is -2.37. The highest BCUT2D eigenvalue weighted by molar-refractivity contribution is 6.35. The Kier molecular flexibility index (Phi) is 11.8. The first-order valence-electron chi connectivity index (χ1n) is 13.3. The van der Waals surface area contributed by atoms with Crippen LogP contribution in [-0.4, -0.2) is 47.6 Å². The fraction of sp³-hybridized carbons (Fsp3) is 0.355. The molecule has 0 saturated carbocycles. The van der Waals surface area contributed by atoms with Gasteiger partial charge in [0.1, 0.15) is 0 Å². The van der Waals surface area contributed by atoms with Crippen molar-refractivity contribution < 1.29 is 14.7 Å². The second-order valence-electron chi connectivity index (χ2n) is 9.65. The van der Waals surface area contributed by atoms with Crippen molar-refractivity contribution in [2.24, 2.45) is 5.73 Å². The summed E-state index contributed by atoms with van der Waals surface area (Å²) in [6, 6.07) is 20.0. The summed E-state index contributed by atoms with van der Waals surface area (Å²) in [5.41, 5.74) is 8.77. The molecule has 0 heterocycles. The summed E-state index contributed by atoms with van der Waals surface area (Å²) >= 11 is 12.3. The summed E-state index contributed by atoms with van der Waals surface area (Å²) in [5.74, 6) is -1.38. The van der Waals surface area contributed by atoms with Gasteiger partial charge in [-0.3, -0.25) is 9.59 Å². The number of amides is 2. The Hall–Kier alpha value is -2.90. The number of carbonyl (C=O) groups is 2. The smallest absolute Gasteiger partial charge is 0.254 e. The van der Waals surface area contributed by atoms with E-state index in [0.717, 1.165) is 24.0 Å². The van der Waals surface area contributed by atoms with E-state index in [0.29, 0.717) is 47.2 Å². The quantitative estimate of drug-likeness (QED) is 0.227. The summed E-state index contributed by atoms with van der Waals surface area (Å²) in [4.78, 5) is 28.3. The number of benzene rings is 3. The highest BCUT2D eigenvalue weighted by Gasteiger charge is 2.31. The molecule has 0 aliphatic heterocycles. The summed E-state index contributed by atoms with van der Waals surface area (Å²) in [6.45, 7) is 5.86. The van der Waals surface area contributed by atoms with E-state index >= 15 is 0 Å². The number of hydrogen-bond donors (Lipinski definition) is 3. The number of carbonyl (C=O) groups excluding carboxylic acids is 2. The standard InChI is InChI=1S/C31H37Cl2N3O3/c1-3-15-36(16-4-2)31(39)25-12-8-11-24(30(34)38)29(25)26(17-21-9-6-5-7-10-21)28(37)20-35-19-22-13-14-23(32)18-27(22)33/h5-14,18,26,28,35,37H,3-4,15-17,19-20H2,1-2H3,(H2,34,38)/t26-,28+/m1/s1. The molecular weight excluding hydrogens is 533 g/mol. The van der Waals surface area contributed by atoms with Crippen LogP contribution in [0.1, 0.15) is 70.0 Å². The zero-order valence-electron chi connectivity index (χ0n) is 22.5. The van der Waals surface area contributed by atoms with E-state index < -0.39 is 17.9 Å². The van der Waals surface area contributed by atoms with E-state index in [9.17, 15) is 14.7 Å². The van der Waals surface area contributed by atoms with Crippen molar-refractivity contribution in [2.75, 3.05) is 19.6 Å². The molecule has 0 bridgehead atoms. The van der Waals surface area contributed by atoms with Crippen LogP contribution in [0.3, 0.4) is 0 Å². The lowest BCUT2D eigenvalue weighted by atomic mass is 9.81. The third kappa shape index (κ3) is 8.29. The minimum atomic E-state index is -0.936. The first kappa shape index (κ1) is 30.6. The first-order valence-corrected chi connectivity index (χ1v) is 14.1. The zero-order chi connectivity index (χ0) is 28.4. The summed E-state index contributed by atoms with van der Waals surface area (Å²) in [5, 5.41) is 15.9. The molecular formula is C31H37Cl2N3O3. The molecule has 2 atom stereocenters. The first-order chi connectivity index (χ1) is 18.8. The molecule has 0 saturated heterocycles. The van der Waals surface area contributed by atoms with E-state index in [2.05, 4.69) is 5.32 Å². The van der Waals surface area contributed by atoms with Crippen molar-refractivity contribution in [2.45, 2.75) is 51.7 Å². The average molecular weight is 571 g/mol. The number of nitrogens with one attached hydrogen (secondary N) is 1. The third-order valence-electron chi connectivity index (χ3n) is 6.69. The molecule has 3 aromatic carbocycles. The number of nitrogens with two attached hydrogens (primary N) is 1. The summed E-state index contributed by atoms with van der Waals surface area (Å²) in [6.07, 6.45) is 1.10. The van der Waals surface area contributed by atoms with Gasteiger partial charge in [-0.05, 0) is 60.2 Å². The van der Waals surface area contributed by atoms with Crippen molar-refractivity contribution in [3.63, 3.8) is 0 Å². The number of rotatable bonds is 14. The van der Waals surface area contributed by atoms with Crippen molar-refractivity contribution in [1.82, 2.24) is 10.2 Å². The minimum Gasteiger partial charge on any atom is -0.391 e. The number of halogens is 2. The second-order valence-corrected chi connectivity index (χ2v) is 10.5. The lowest BCUT2D eigenvalue weighted by Gasteiger charge is -2.30. The van der Waals surface area contributed by atoms with Crippen LogP contribution in [0.15, 0.2) is 66.7 Å². The van der Waals surface area contributed by atoms with E-state index in [1.54, 1.807) is 35.2 Å². The Balaban J connectivity index is 2.01. The highest BCUT2D eigenvalue weighted by atomic mass is 35.5. The Morgan fingerprint density at radius 2 is 1.62 bits per heavy atom. The van der Waals surface area contributed by atoms with Gasteiger partial charge in [0.25, 0.3) is 5.91 Å². The Labute approximate surface area is 241 Å². The fourth-order valence-electron chi connectivity index (χ4n) is 4.85. The molecule has 3 aromatic rings. The van der Waals surface area contributed by atoms with Gasteiger partial charge in [-0.1, -0.05) is 79.5 Å². The van der Waals surface area contributed by atoms with Crippen LogP contribution >= 0.6 is 23.2 Å². The summed E-state index contributed by atoms with van der Waals surface area (Å²) in [7, 11) is 0. The topological polar surface area (TPSA) is 95.7 Å². The van der Waals surface area contributed by atoms with Gasteiger partial charge in [0.15, 0.2) is 0 Å². The molecule has 0 fully saturated rings. The van der Waals surface area contributed by atoms with Crippen molar-refractivity contribution in [1.29, 1.82) is 0 Å². The van der Waals surface area contributed by atoms with Gasteiger partial charge in [-0.25, -0.2) is 0 Å². The third-order valence-corrected chi connectivity index (χ3v) is 7.28. The molecule has 0 radical (unpaired) electrons. The maximum Gasteiger partial charge on any atom is 0.254 e. The number of nitrogens with zero attached hydrogens (tertiary/aromatic N) is 1. The number of hydrogen-bond acceptors (Lipinski definition) is 4. The highest BCUT2D eigenvalue weighted by Crippen LogP contribution is 2.32. The molecule has 39 heavy (non-hydrogen) atoms. The normalized spacial score (nSPS) is 12.6. The molecule has 4 N–H and O–H groups in total. The molecule has 0 unspecified atom stereocenters. The van der Waals surface area contributed by atoms with Gasteiger partial charge in [0, 0.05) is 53.3 Å². The number of aliphatic hydroxyl groups excluding tert-OH is 1. The molecule has 2 amide bonds. The lowest BCUT2D eigenvalue weighted by molar-refractivity contribution is 0.0751. The largest absolute Gasteiger partial charge is 0.391 e. The molecule has 6 nitrogen and oxygen atoms in total. The molecule has 0 spiro atoms. The van der Waals surface area contributed by atoms with Gasteiger partial charge in [-0.15, -0.1) is 0 Å². The van der Waals surface area contributed by atoms with Crippen LogP contribution < -0.4 is 11.1 Å². The zero-order valence-corrected chi connectivity index (χ0v) is 24.0. The van der Waals surface area contributed by atoms with Crippen molar-refractivity contribution in [3.8, 4) is 0 Å². The van der Waals surface area contributed by atoms with E-state index in [1.807, 2.05) is 50.2 Å². The minimum absolute atomic E-state index is 0.164. The van der Waals surface area contributed by atoms with Crippen LogP contribution in [-0.2, 0) is 13.0 Å². The number of primary amides is 1. The SMILES string of the molecule is CCCN(CCC)C(=O)c1cccc(C(N)=O)c1[C@H](Cc1ccccc1)[C@@H](O)CNCc1ccc(Cl)cc1Cl. The maximum absolute atomic E-state index is 13.8. The second kappa shape index (κ2) is 15.0. The van der Waals surface area contributed by atoms with Gasteiger partial charge < -0.3 is 21.1 Å². The van der Waals surface area contributed by atoms with Crippen LogP contribution in [0.5, 0.6) is 0 Å². The van der Waals surface area contributed by atoms with Crippen LogP contribution in [0.2, 0.25) is 10.0 Å². The summed E-state index contributed by atoms with van der Waals surface area (Å²) < 4.78 is 0. The van der Waals surface area contributed by atoms with Crippen molar-refractivity contribution in [3.05, 3.63) is 105 Å². The van der Waals surface area contributed by atoms with E-state index in [-0.39, 0.29) is 18.0 Å². The van der Waals surface area contributed by atoms with Crippen LogP contribution in [0.25, 0.3) is 0 Å². The van der Waals surface area contributed by atoms with Crippen LogP contribution in [0.4, 0.5) is 0 Å². The molecule has 8 heteroatoms. The Bertz CT molecular complexity index is 1250. The van der Waals surface area contributed by atoms with Gasteiger partial charge in [-0.2, -0.15) is 0 Å².